The summed E-state index contributed by atoms with van der Waals surface area (Å²) in [4.78, 5) is 0. The predicted octanol–water partition coefficient (Wildman–Crippen LogP) is 2.18. The minimum absolute atomic E-state index is 0.704. The van der Waals surface area contributed by atoms with Gasteiger partial charge in [0.25, 0.3) is 0 Å². The van der Waals surface area contributed by atoms with Gasteiger partial charge in [-0.1, -0.05) is 31.2 Å². The molecule has 0 aliphatic rings. The third-order valence-corrected chi connectivity index (χ3v) is 1.84. The fourth-order valence-electron chi connectivity index (χ4n) is 1.13. The summed E-state index contributed by atoms with van der Waals surface area (Å²) >= 11 is 0. The molecule has 0 aliphatic carbocycles. The molecule has 0 saturated carbocycles. The van der Waals surface area contributed by atoms with Crippen molar-refractivity contribution < 1.29 is 0 Å². The Hall–Kier alpha value is -1.59. The number of likely N-dealkylation sites (N-methyl/N-ethyl adjacent to an activating group) is 1. The molecule has 0 fully saturated rings. The third-order valence-electron chi connectivity index (χ3n) is 1.84. The molecule has 0 aliphatic heterocycles. The summed E-state index contributed by atoms with van der Waals surface area (Å²) in [6.07, 6.45) is 4.07. The zero-order valence-electron chi connectivity index (χ0n) is 8.33. The van der Waals surface area contributed by atoms with Gasteiger partial charge in [0.15, 0.2) is 0 Å². The van der Waals surface area contributed by atoms with Crippen LogP contribution in [0.3, 0.4) is 0 Å². The van der Waals surface area contributed by atoms with Gasteiger partial charge < -0.3 is 5.32 Å². The molecule has 1 rings (SSSR count). The minimum Gasteiger partial charge on any atom is -0.314 e. The lowest BCUT2D eigenvalue weighted by Gasteiger charge is -1.95. The Morgan fingerprint density at radius 3 is 3.07 bits per heavy atom. The molecule has 0 radical (unpaired) electrons. The van der Waals surface area contributed by atoms with Gasteiger partial charge in [-0.15, -0.1) is 0 Å². The van der Waals surface area contributed by atoms with Crippen LogP contribution in [-0.4, -0.2) is 13.1 Å². The van der Waals surface area contributed by atoms with Crippen LogP contribution in [-0.2, 0) is 0 Å². The van der Waals surface area contributed by atoms with E-state index in [1.807, 2.05) is 30.3 Å². The quantitative estimate of drug-likeness (QED) is 0.731. The van der Waals surface area contributed by atoms with Gasteiger partial charge in [-0.05, 0) is 24.2 Å². The molecule has 0 aromatic heterocycles. The van der Waals surface area contributed by atoms with Crippen molar-refractivity contribution in [1.82, 2.24) is 5.32 Å². The SMILES string of the molecule is CCNCC=Cc1cccc(C#N)c1. The Morgan fingerprint density at radius 2 is 2.36 bits per heavy atom. The lowest BCUT2D eigenvalue weighted by atomic mass is 10.1. The number of rotatable bonds is 4. The average Bonchev–Trinajstić information content (AvgIpc) is 2.25. The highest BCUT2D eigenvalue weighted by Crippen LogP contribution is 2.05. The number of nitriles is 1. The molecule has 0 atom stereocenters. The van der Waals surface area contributed by atoms with Crippen LogP contribution >= 0.6 is 0 Å². The normalized spacial score (nSPS) is 10.3. The van der Waals surface area contributed by atoms with Crippen molar-refractivity contribution in [2.75, 3.05) is 13.1 Å². The van der Waals surface area contributed by atoms with Crippen molar-refractivity contribution in [2.45, 2.75) is 6.92 Å². The second-order valence-electron chi connectivity index (χ2n) is 2.95. The molecular formula is C12H14N2. The molecule has 1 aromatic rings. The molecule has 1 aromatic carbocycles. The summed E-state index contributed by atoms with van der Waals surface area (Å²) < 4.78 is 0. The topological polar surface area (TPSA) is 35.8 Å². The van der Waals surface area contributed by atoms with Gasteiger partial charge in [0.1, 0.15) is 0 Å². The highest BCUT2D eigenvalue weighted by atomic mass is 14.8. The molecule has 0 unspecified atom stereocenters. The van der Waals surface area contributed by atoms with Gasteiger partial charge in [-0.25, -0.2) is 0 Å². The van der Waals surface area contributed by atoms with Crippen LogP contribution in [0.1, 0.15) is 18.1 Å². The fourth-order valence-corrected chi connectivity index (χ4v) is 1.13. The van der Waals surface area contributed by atoms with E-state index in [0.29, 0.717) is 5.56 Å². The van der Waals surface area contributed by atoms with E-state index in [1.165, 1.54) is 0 Å². The average molecular weight is 186 g/mol. The van der Waals surface area contributed by atoms with Crippen molar-refractivity contribution in [3.63, 3.8) is 0 Å². The Labute approximate surface area is 84.9 Å². The maximum Gasteiger partial charge on any atom is 0.0991 e. The van der Waals surface area contributed by atoms with Crippen molar-refractivity contribution in [2.24, 2.45) is 0 Å². The van der Waals surface area contributed by atoms with Crippen LogP contribution in [0.4, 0.5) is 0 Å². The number of hydrogen-bond donors (Lipinski definition) is 1. The Balaban J connectivity index is 2.59. The molecule has 0 spiro atoms. The molecular weight excluding hydrogens is 172 g/mol. The van der Waals surface area contributed by atoms with Crippen molar-refractivity contribution in [1.29, 1.82) is 5.26 Å². The van der Waals surface area contributed by atoms with E-state index < -0.39 is 0 Å². The highest BCUT2D eigenvalue weighted by Gasteiger charge is 1.89. The van der Waals surface area contributed by atoms with Crippen LogP contribution in [0.15, 0.2) is 30.3 Å². The van der Waals surface area contributed by atoms with Crippen molar-refractivity contribution >= 4 is 6.08 Å². The van der Waals surface area contributed by atoms with Gasteiger partial charge in [0, 0.05) is 6.54 Å². The summed E-state index contributed by atoms with van der Waals surface area (Å²) in [5.74, 6) is 0. The van der Waals surface area contributed by atoms with E-state index >= 15 is 0 Å². The third kappa shape index (κ3) is 3.42. The Bertz CT molecular complexity index is 348. The zero-order valence-corrected chi connectivity index (χ0v) is 8.33. The molecule has 2 heteroatoms. The van der Waals surface area contributed by atoms with Gasteiger partial charge in [0.2, 0.25) is 0 Å². The van der Waals surface area contributed by atoms with E-state index in [2.05, 4.69) is 24.4 Å². The zero-order chi connectivity index (χ0) is 10.2. The van der Waals surface area contributed by atoms with E-state index in [4.69, 9.17) is 5.26 Å². The maximum atomic E-state index is 8.69. The van der Waals surface area contributed by atoms with Crippen LogP contribution in [0.25, 0.3) is 6.08 Å². The summed E-state index contributed by atoms with van der Waals surface area (Å²) in [6.45, 7) is 3.92. The smallest absolute Gasteiger partial charge is 0.0991 e. The van der Waals surface area contributed by atoms with Crippen LogP contribution in [0.5, 0.6) is 0 Å². The van der Waals surface area contributed by atoms with E-state index in [1.54, 1.807) is 0 Å². The molecule has 0 amide bonds. The number of benzene rings is 1. The van der Waals surface area contributed by atoms with Gasteiger partial charge in [0.05, 0.1) is 11.6 Å². The molecule has 72 valence electrons. The van der Waals surface area contributed by atoms with Crippen molar-refractivity contribution in [3.05, 3.63) is 41.5 Å². The molecule has 0 heterocycles. The summed E-state index contributed by atoms with van der Waals surface area (Å²) in [5.41, 5.74) is 1.78. The first kappa shape index (κ1) is 10.5. The maximum absolute atomic E-state index is 8.69. The summed E-state index contributed by atoms with van der Waals surface area (Å²) in [7, 11) is 0. The highest BCUT2D eigenvalue weighted by molar-refractivity contribution is 5.52. The van der Waals surface area contributed by atoms with Gasteiger partial charge in [-0.3, -0.25) is 0 Å². The lowest BCUT2D eigenvalue weighted by Crippen LogP contribution is -2.11. The second kappa shape index (κ2) is 5.95. The van der Waals surface area contributed by atoms with Gasteiger partial charge >= 0.3 is 0 Å². The van der Waals surface area contributed by atoms with Crippen LogP contribution in [0, 0.1) is 11.3 Å². The summed E-state index contributed by atoms with van der Waals surface area (Å²) in [5, 5.41) is 11.9. The number of hydrogen-bond acceptors (Lipinski definition) is 2. The molecule has 0 bridgehead atoms. The van der Waals surface area contributed by atoms with Crippen LogP contribution < -0.4 is 5.32 Å². The first-order chi connectivity index (χ1) is 6.86. The summed E-state index contributed by atoms with van der Waals surface area (Å²) in [6, 6.07) is 9.69. The minimum atomic E-state index is 0.704. The van der Waals surface area contributed by atoms with Crippen molar-refractivity contribution in [3.8, 4) is 6.07 Å². The lowest BCUT2D eigenvalue weighted by molar-refractivity contribution is 0.801. The molecule has 2 nitrogen and oxygen atoms in total. The standard InChI is InChI=1S/C12H14N2/c1-2-14-8-4-7-11-5-3-6-12(9-11)10-13/h3-7,9,14H,2,8H2,1H3. The first-order valence-corrected chi connectivity index (χ1v) is 4.74. The van der Waals surface area contributed by atoms with E-state index in [-0.39, 0.29) is 0 Å². The van der Waals surface area contributed by atoms with Gasteiger partial charge in [-0.2, -0.15) is 5.26 Å². The predicted molar refractivity (Wildman–Crippen MR) is 58.7 cm³/mol. The Kier molecular flexibility index (Phi) is 4.46. The number of nitrogens with zero attached hydrogens (tertiary/aromatic N) is 1. The number of nitrogens with one attached hydrogen (secondary N) is 1. The fraction of sp³-hybridized carbons (Fsp3) is 0.250. The monoisotopic (exact) mass is 186 g/mol. The van der Waals surface area contributed by atoms with E-state index in [0.717, 1.165) is 18.7 Å². The molecule has 0 saturated heterocycles. The van der Waals surface area contributed by atoms with Crippen LogP contribution in [0.2, 0.25) is 0 Å². The molecule has 1 N–H and O–H groups in total. The first-order valence-electron chi connectivity index (χ1n) is 4.74. The van der Waals surface area contributed by atoms with E-state index in [9.17, 15) is 0 Å². The second-order valence-corrected chi connectivity index (χ2v) is 2.95. The largest absolute Gasteiger partial charge is 0.314 e. The Morgan fingerprint density at radius 1 is 1.50 bits per heavy atom. The molecule has 14 heavy (non-hydrogen) atoms.